The Labute approximate surface area is 216 Å². The number of nitrogens with zero attached hydrogens (tertiary/aromatic N) is 5. The molecule has 2 aromatic carbocycles. The van der Waals surface area contributed by atoms with Crippen LogP contribution in [0, 0.1) is 0 Å². The van der Waals surface area contributed by atoms with Gasteiger partial charge in [0.05, 0.1) is 11.5 Å². The first kappa shape index (κ1) is 25.0. The van der Waals surface area contributed by atoms with Crippen LogP contribution in [-0.2, 0) is 9.84 Å². The molecule has 0 aliphatic carbocycles. The lowest BCUT2D eigenvalue weighted by Crippen LogP contribution is -2.40. The molecule has 3 heterocycles. The molecule has 196 valence electrons. The van der Waals surface area contributed by atoms with Crippen molar-refractivity contribution in [1.29, 1.82) is 0 Å². The van der Waals surface area contributed by atoms with Crippen molar-refractivity contribution in [2.45, 2.75) is 12.8 Å². The minimum Gasteiger partial charge on any atom is -0.492 e. The lowest BCUT2D eigenvalue weighted by molar-refractivity contribution is 0.0948. The molecule has 3 N–H and O–H groups in total. The average Bonchev–Trinajstić information content (AvgIpc) is 3.54. The van der Waals surface area contributed by atoms with Gasteiger partial charge in [0, 0.05) is 36.6 Å². The average molecular weight is 526 g/mol. The highest BCUT2D eigenvalue weighted by atomic mass is 32.2. The van der Waals surface area contributed by atoms with Crippen LogP contribution < -0.4 is 20.7 Å². The molecule has 11 nitrogen and oxygen atoms in total. The molecule has 0 saturated carbocycles. The van der Waals surface area contributed by atoms with Crippen molar-refractivity contribution < 1.29 is 17.9 Å². The Balaban J connectivity index is 1.17. The van der Waals surface area contributed by atoms with E-state index in [2.05, 4.69) is 20.3 Å². The summed E-state index contributed by atoms with van der Waals surface area (Å²) in [5.74, 6) is 0.820. The highest BCUT2D eigenvalue weighted by Gasteiger charge is 2.22. The zero-order valence-corrected chi connectivity index (χ0v) is 21.4. The van der Waals surface area contributed by atoms with E-state index in [1.807, 2.05) is 29.2 Å². The van der Waals surface area contributed by atoms with Gasteiger partial charge in [-0.2, -0.15) is 9.67 Å². The summed E-state index contributed by atoms with van der Waals surface area (Å²) in [5.41, 5.74) is 7.98. The van der Waals surface area contributed by atoms with Gasteiger partial charge in [-0.05, 0) is 74.5 Å². The molecule has 0 radical (unpaired) electrons. The topological polar surface area (TPSA) is 136 Å². The summed E-state index contributed by atoms with van der Waals surface area (Å²) in [6.07, 6.45) is 2.53. The van der Waals surface area contributed by atoms with E-state index in [-0.39, 0.29) is 23.4 Å². The van der Waals surface area contributed by atoms with Gasteiger partial charge in [-0.1, -0.05) is 0 Å². The zero-order chi connectivity index (χ0) is 25.8. The molecular weight excluding hydrogens is 494 g/mol. The largest absolute Gasteiger partial charge is 0.492 e. The van der Waals surface area contributed by atoms with Crippen molar-refractivity contribution in [3.8, 4) is 5.75 Å². The normalized spacial score (nSPS) is 17.6. The molecule has 3 aromatic rings. The predicted octanol–water partition coefficient (Wildman–Crippen LogP) is 2.00. The Morgan fingerprint density at radius 2 is 1.65 bits per heavy atom. The van der Waals surface area contributed by atoms with Crippen LogP contribution in [0.1, 0.15) is 23.2 Å². The molecule has 0 amide bonds. The monoisotopic (exact) mass is 525 g/mol. The summed E-state index contributed by atoms with van der Waals surface area (Å²) in [4.78, 5) is 21.5. The van der Waals surface area contributed by atoms with Crippen LogP contribution in [0.2, 0.25) is 0 Å². The SMILES string of the molecule is Nc1nc(Nc2ccc(OCCN3CCCC3)cc2)nn1C(=O)c1ccc(N2CCS(=O)(=O)CC2)cc1. The number of anilines is 4. The summed E-state index contributed by atoms with van der Waals surface area (Å²) in [5, 5.41) is 7.30. The third kappa shape index (κ3) is 6.20. The van der Waals surface area contributed by atoms with Crippen molar-refractivity contribution in [3.63, 3.8) is 0 Å². The fourth-order valence-corrected chi connectivity index (χ4v) is 5.70. The van der Waals surface area contributed by atoms with Crippen LogP contribution >= 0.6 is 0 Å². The summed E-state index contributed by atoms with van der Waals surface area (Å²) in [7, 11) is -2.96. The van der Waals surface area contributed by atoms with Crippen molar-refractivity contribution >= 4 is 39.0 Å². The Hall–Kier alpha value is -3.64. The van der Waals surface area contributed by atoms with Crippen LogP contribution in [0.25, 0.3) is 0 Å². The highest BCUT2D eigenvalue weighted by Crippen LogP contribution is 2.21. The second-order valence-electron chi connectivity index (χ2n) is 9.24. The van der Waals surface area contributed by atoms with Crippen LogP contribution in [0.5, 0.6) is 5.75 Å². The van der Waals surface area contributed by atoms with Gasteiger partial charge >= 0.3 is 0 Å². The van der Waals surface area contributed by atoms with E-state index in [9.17, 15) is 13.2 Å². The van der Waals surface area contributed by atoms with E-state index in [4.69, 9.17) is 10.5 Å². The number of hydrogen-bond acceptors (Lipinski definition) is 10. The number of nitrogen functional groups attached to an aromatic ring is 1. The molecule has 2 aliphatic rings. The molecule has 0 atom stereocenters. The number of likely N-dealkylation sites (tertiary alicyclic amines) is 1. The number of hydrogen-bond donors (Lipinski definition) is 2. The first-order valence-electron chi connectivity index (χ1n) is 12.4. The molecule has 1 aromatic heterocycles. The number of carbonyl (C=O) groups excluding carboxylic acids is 1. The van der Waals surface area contributed by atoms with Crippen LogP contribution in [-0.4, -0.2) is 84.8 Å². The van der Waals surface area contributed by atoms with Crippen LogP contribution in [0.15, 0.2) is 48.5 Å². The quantitative estimate of drug-likeness (QED) is 0.449. The van der Waals surface area contributed by atoms with Crippen molar-refractivity contribution in [3.05, 3.63) is 54.1 Å². The van der Waals surface area contributed by atoms with Crippen LogP contribution in [0.4, 0.5) is 23.3 Å². The first-order chi connectivity index (χ1) is 17.9. The number of ether oxygens (including phenoxy) is 1. The van der Waals surface area contributed by atoms with E-state index in [1.54, 1.807) is 24.3 Å². The molecule has 0 unspecified atom stereocenters. The molecule has 2 saturated heterocycles. The van der Waals surface area contributed by atoms with E-state index < -0.39 is 15.7 Å². The summed E-state index contributed by atoms with van der Waals surface area (Å²) in [6.45, 7) is 4.75. The smallest absolute Gasteiger partial charge is 0.281 e. The zero-order valence-electron chi connectivity index (χ0n) is 20.5. The highest BCUT2D eigenvalue weighted by molar-refractivity contribution is 7.91. The number of benzene rings is 2. The number of aromatic nitrogens is 3. The van der Waals surface area contributed by atoms with Gasteiger partial charge in [-0.3, -0.25) is 9.69 Å². The van der Waals surface area contributed by atoms with E-state index in [0.29, 0.717) is 25.3 Å². The fraction of sp³-hybridized carbons (Fsp3) is 0.400. The fourth-order valence-electron chi connectivity index (χ4n) is 4.50. The van der Waals surface area contributed by atoms with Gasteiger partial charge in [-0.15, -0.1) is 5.10 Å². The maximum Gasteiger partial charge on any atom is 0.281 e. The molecule has 12 heteroatoms. The Bertz CT molecular complexity index is 1320. The number of rotatable bonds is 8. The van der Waals surface area contributed by atoms with Gasteiger partial charge in [0.15, 0.2) is 9.84 Å². The van der Waals surface area contributed by atoms with Crippen LogP contribution in [0.3, 0.4) is 0 Å². The molecular formula is C25H31N7O4S. The lowest BCUT2D eigenvalue weighted by Gasteiger charge is -2.28. The third-order valence-corrected chi connectivity index (χ3v) is 8.24. The number of sulfone groups is 1. The van der Waals surface area contributed by atoms with Gasteiger partial charge in [0.25, 0.3) is 5.91 Å². The van der Waals surface area contributed by atoms with Crippen molar-refractivity contribution in [2.75, 3.05) is 66.8 Å². The molecule has 5 rings (SSSR count). The van der Waals surface area contributed by atoms with E-state index in [0.717, 1.165) is 41.4 Å². The second-order valence-corrected chi connectivity index (χ2v) is 11.5. The maximum absolute atomic E-state index is 13.0. The summed E-state index contributed by atoms with van der Waals surface area (Å²) >= 11 is 0. The third-order valence-electron chi connectivity index (χ3n) is 6.63. The molecule has 2 fully saturated rings. The second kappa shape index (κ2) is 10.8. The molecule has 0 bridgehead atoms. The Kier molecular flexibility index (Phi) is 7.28. The van der Waals surface area contributed by atoms with Crippen molar-refractivity contribution in [1.82, 2.24) is 19.7 Å². The number of nitrogens with one attached hydrogen (secondary N) is 1. The van der Waals surface area contributed by atoms with Gasteiger partial charge in [-0.25, -0.2) is 8.42 Å². The molecule has 0 spiro atoms. The number of carbonyl (C=O) groups is 1. The minimum atomic E-state index is -2.96. The summed E-state index contributed by atoms with van der Waals surface area (Å²) in [6, 6.07) is 14.4. The summed E-state index contributed by atoms with van der Waals surface area (Å²) < 4.78 is 30.2. The Morgan fingerprint density at radius 3 is 2.32 bits per heavy atom. The molecule has 2 aliphatic heterocycles. The van der Waals surface area contributed by atoms with E-state index in [1.165, 1.54) is 12.8 Å². The van der Waals surface area contributed by atoms with Gasteiger partial charge in [0.2, 0.25) is 11.9 Å². The van der Waals surface area contributed by atoms with Crippen molar-refractivity contribution in [2.24, 2.45) is 0 Å². The van der Waals surface area contributed by atoms with Gasteiger partial charge in [0.1, 0.15) is 12.4 Å². The first-order valence-corrected chi connectivity index (χ1v) is 14.2. The number of nitrogens with two attached hydrogens (primary N) is 1. The standard InChI is InChI=1S/C25H31N7O4S/c26-24-28-25(27-20-5-9-22(10-6-20)36-16-13-30-11-1-2-12-30)29-32(24)23(33)19-3-7-21(8-4-19)31-14-17-37(34,35)18-15-31/h3-10H,1-2,11-18H2,(H3,26,27,28,29). The lowest BCUT2D eigenvalue weighted by atomic mass is 10.2. The predicted molar refractivity (Wildman–Crippen MR) is 142 cm³/mol. The maximum atomic E-state index is 13.0. The molecule has 37 heavy (non-hydrogen) atoms. The van der Waals surface area contributed by atoms with Gasteiger partial charge < -0.3 is 20.7 Å². The minimum absolute atomic E-state index is 0.0281. The van der Waals surface area contributed by atoms with E-state index >= 15 is 0 Å². The Morgan fingerprint density at radius 1 is 0.973 bits per heavy atom.